The van der Waals surface area contributed by atoms with E-state index in [1.54, 1.807) is 11.3 Å². The first kappa shape index (κ1) is 13.7. The minimum atomic E-state index is -0.400. The standard InChI is InChI=1S/C15H16N4O2S/c1-9-10(17-13(20-9)11-4-2-7-22-11)8-12-18-14(19-21-12)15(16)5-3-6-15/h2,4,7H,3,5-6,8,16H2,1H3. The smallest absolute Gasteiger partial charge is 0.236 e. The van der Waals surface area contributed by atoms with Crippen LogP contribution in [0.25, 0.3) is 10.8 Å². The lowest BCUT2D eigenvalue weighted by Gasteiger charge is -2.34. The molecule has 3 aromatic heterocycles. The van der Waals surface area contributed by atoms with E-state index in [1.807, 2.05) is 24.4 Å². The Morgan fingerprint density at radius 3 is 2.91 bits per heavy atom. The maximum absolute atomic E-state index is 6.21. The van der Waals surface area contributed by atoms with Gasteiger partial charge in [-0.15, -0.1) is 11.3 Å². The quantitative estimate of drug-likeness (QED) is 0.795. The van der Waals surface area contributed by atoms with Crippen LogP contribution in [0.15, 0.2) is 26.5 Å². The molecule has 0 saturated heterocycles. The van der Waals surface area contributed by atoms with Gasteiger partial charge in [0.05, 0.1) is 22.5 Å². The number of aromatic nitrogens is 3. The normalized spacial score (nSPS) is 16.6. The second kappa shape index (κ2) is 5.03. The van der Waals surface area contributed by atoms with Crippen LogP contribution in [0.5, 0.6) is 0 Å². The SMILES string of the molecule is Cc1oc(-c2cccs2)nc1Cc1nc(C2(N)CCC2)no1. The van der Waals surface area contributed by atoms with Crippen molar-refractivity contribution in [2.75, 3.05) is 0 Å². The average Bonchev–Trinajstić information content (AvgIpc) is 3.18. The summed E-state index contributed by atoms with van der Waals surface area (Å²) in [5.41, 5.74) is 6.63. The van der Waals surface area contributed by atoms with Crippen LogP contribution in [0.2, 0.25) is 0 Å². The Kier molecular flexibility index (Phi) is 3.12. The van der Waals surface area contributed by atoms with Crippen molar-refractivity contribution in [1.29, 1.82) is 0 Å². The molecule has 1 aliphatic rings. The summed E-state index contributed by atoms with van der Waals surface area (Å²) >= 11 is 1.60. The molecule has 1 aliphatic carbocycles. The number of nitrogens with zero attached hydrogens (tertiary/aromatic N) is 3. The Bertz CT molecular complexity index is 786. The van der Waals surface area contributed by atoms with Crippen LogP contribution < -0.4 is 5.73 Å². The van der Waals surface area contributed by atoms with Gasteiger partial charge >= 0.3 is 0 Å². The fourth-order valence-corrected chi connectivity index (χ4v) is 3.20. The summed E-state index contributed by atoms with van der Waals surface area (Å²) in [6.07, 6.45) is 3.41. The van der Waals surface area contributed by atoms with E-state index in [0.717, 1.165) is 35.6 Å². The van der Waals surface area contributed by atoms with Gasteiger partial charge in [0.2, 0.25) is 11.8 Å². The number of nitrogens with two attached hydrogens (primary N) is 1. The molecule has 0 spiro atoms. The van der Waals surface area contributed by atoms with Crippen LogP contribution in [-0.4, -0.2) is 15.1 Å². The molecule has 1 fully saturated rings. The summed E-state index contributed by atoms with van der Waals surface area (Å²) in [4.78, 5) is 9.98. The van der Waals surface area contributed by atoms with Crippen molar-refractivity contribution in [3.63, 3.8) is 0 Å². The van der Waals surface area contributed by atoms with E-state index in [4.69, 9.17) is 14.7 Å². The number of oxazole rings is 1. The van der Waals surface area contributed by atoms with Gasteiger partial charge in [0.15, 0.2) is 5.82 Å². The topological polar surface area (TPSA) is 91.0 Å². The van der Waals surface area contributed by atoms with E-state index < -0.39 is 5.54 Å². The van der Waals surface area contributed by atoms with E-state index in [1.165, 1.54) is 0 Å². The Morgan fingerprint density at radius 1 is 1.36 bits per heavy atom. The zero-order valence-electron chi connectivity index (χ0n) is 12.2. The zero-order valence-corrected chi connectivity index (χ0v) is 13.0. The maximum Gasteiger partial charge on any atom is 0.236 e. The minimum absolute atomic E-state index is 0.400. The van der Waals surface area contributed by atoms with Gasteiger partial charge in [-0.05, 0) is 37.6 Å². The highest BCUT2D eigenvalue weighted by Gasteiger charge is 2.39. The van der Waals surface area contributed by atoms with Gasteiger partial charge in [0, 0.05) is 0 Å². The molecule has 0 amide bonds. The lowest BCUT2D eigenvalue weighted by Crippen LogP contribution is -2.44. The fraction of sp³-hybridized carbons (Fsp3) is 0.400. The largest absolute Gasteiger partial charge is 0.440 e. The van der Waals surface area contributed by atoms with Crippen molar-refractivity contribution in [2.24, 2.45) is 5.73 Å². The van der Waals surface area contributed by atoms with Gasteiger partial charge in [-0.25, -0.2) is 4.98 Å². The van der Waals surface area contributed by atoms with Crippen molar-refractivity contribution >= 4 is 11.3 Å². The molecule has 22 heavy (non-hydrogen) atoms. The number of aryl methyl sites for hydroxylation is 1. The number of rotatable bonds is 4. The first-order valence-electron chi connectivity index (χ1n) is 7.26. The van der Waals surface area contributed by atoms with Gasteiger partial charge in [0.25, 0.3) is 0 Å². The summed E-state index contributed by atoms with van der Waals surface area (Å²) in [6, 6.07) is 3.96. The summed E-state index contributed by atoms with van der Waals surface area (Å²) in [5.74, 6) is 2.54. The van der Waals surface area contributed by atoms with Gasteiger partial charge in [-0.1, -0.05) is 11.2 Å². The second-order valence-electron chi connectivity index (χ2n) is 5.70. The highest BCUT2D eigenvalue weighted by Crippen LogP contribution is 2.37. The molecule has 0 radical (unpaired) electrons. The third-order valence-electron chi connectivity index (χ3n) is 4.10. The Hall–Kier alpha value is -1.99. The molecule has 0 atom stereocenters. The Labute approximate surface area is 131 Å². The van der Waals surface area contributed by atoms with E-state index in [2.05, 4.69) is 15.1 Å². The van der Waals surface area contributed by atoms with E-state index in [-0.39, 0.29) is 0 Å². The third-order valence-corrected chi connectivity index (χ3v) is 4.96. The molecule has 6 nitrogen and oxygen atoms in total. The summed E-state index contributed by atoms with van der Waals surface area (Å²) < 4.78 is 11.0. The molecule has 0 aromatic carbocycles. The lowest BCUT2D eigenvalue weighted by atomic mass is 9.77. The summed E-state index contributed by atoms with van der Waals surface area (Å²) in [5, 5.41) is 6.02. The van der Waals surface area contributed by atoms with Crippen molar-refractivity contribution in [3.05, 3.63) is 40.7 Å². The lowest BCUT2D eigenvalue weighted by molar-refractivity contribution is 0.229. The van der Waals surface area contributed by atoms with E-state index in [9.17, 15) is 0 Å². The number of hydrogen-bond acceptors (Lipinski definition) is 7. The van der Waals surface area contributed by atoms with Crippen LogP contribution in [0.1, 0.15) is 42.4 Å². The van der Waals surface area contributed by atoms with Gasteiger partial charge < -0.3 is 14.7 Å². The number of hydrogen-bond donors (Lipinski definition) is 1. The Balaban J connectivity index is 1.56. The maximum atomic E-state index is 6.21. The molecule has 0 unspecified atom stereocenters. The molecule has 3 aromatic rings. The summed E-state index contributed by atoms with van der Waals surface area (Å²) in [6.45, 7) is 1.90. The fourth-order valence-electron chi connectivity index (χ4n) is 2.55. The molecular weight excluding hydrogens is 300 g/mol. The van der Waals surface area contributed by atoms with Crippen molar-refractivity contribution in [1.82, 2.24) is 15.1 Å². The van der Waals surface area contributed by atoms with E-state index >= 15 is 0 Å². The third kappa shape index (κ3) is 2.26. The van der Waals surface area contributed by atoms with Crippen molar-refractivity contribution in [3.8, 4) is 10.8 Å². The second-order valence-corrected chi connectivity index (χ2v) is 6.65. The monoisotopic (exact) mass is 316 g/mol. The predicted octanol–water partition coefficient (Wildman–Crippen LogP) is 3.02. The molecule has 4 rings (SSSR count). The molecule has 1 saturated carbocycles. The van der Waals surface area contributed by atoms with Gasteiger partial charge in [0.1, 0.15) is 5.76 Å². The molecule has 114 valence electrons. The van der Waals surface area contributed by atoms with Crippen molar-refractivity contribution < 1.29 is 8.94 Å². The molecule has 7 heteroatoms. The van der Waals surface area contributed by atoms with E-state index in [0.29, 0.717) is 24.0 Å². The van der Waals surface area contributed by atoms with Crippen LogP contribution >= 0.6 is 11.3 Å². The molecule has 2 N–H and O–H groups in total. The first-order valence-corrected chi connectivity index (χ1v) is 8.14. The molecule has 0 bridgehead atoms. The van der Waals surface area contributed by atoms with Crippen molar-refractivity contribution in [2.45, 2.75) is 38.1 Å². The highest BCUT2D eigenvalue weighted by molar-refractivity contribution is 7.13. The molecular formula is C15H16N4O2S. The minimum Gasteiger partial charge on any atom is -0.440 e. The first-order chi connectivity index (χ1) is 10.6. The Morgan fingerprint density at radius 2 is 2.23 bits per heavy atom. The number of thiophene rings is 1. The van der Waals surface area contributed by atoms with Crippen LogP contribution in [0.3, 0.4) is 0 Å². The van der Waals surface area contributed by atoms with Crippen LogP contribution in [-0.2, 0) is 12.0 Å². The molecule has 0 aliphatic heterocycles. The van der Waals surface area contributed by atoms with Gasteiger partial charge in [-0.2, -0.15) is 4.98 Å². The van der Waals surface area contributed by atoms with Crippen LogP contribution in [0, 0.1) is 6.92 Å². The van der Waals surface area contributed by atoms with Gasteiger partial charge in [-0.3, -0.25) is 0 Å². The average molecular weight is 316 g/mol. The zero-order chi connectivity index (χ0) is 15.2. The predicted molar refractivity (Wildman–Crippen MR) is 81.4 cm³/mol. The highest BCUT2D eigenvalue weighted by atomic mass is 32.1. The summed E-state index contributed by atoms with van der Waals surface area (Å²) in [7, 11) is 0. The van der Waals surface area contributed by atoms with Crippen LogP contribution in [0.4, 0.5) is 0 Å². The molecule has 3 heterocycles.